The molecule has 0 amide bonds. The van der Waals surface area contributed by atoms with Gasteiger partial charge in [0.2, 0.25) is 0 Å². The van der Waals surface area contributed by atoms with Gasteiger partial charge in [-0.25, -0.2) is 0 Å². The van der Waals surface area contributed by atoms with Crippen LogP contribution in [0.15, 0.2) is 40.6 Å². The van der Waals surface area contributed by atoms with Crippen LogP contribution in [0.3, 0.4) is 0 Å². The maximum atomic E-state index is 11.4. The lowest BCUT2D eigenvalue weighted by molar-refractivity contribution is -0.143. The van der Waals surface area contributed by atoms with Crippen molar-refractivity contribution in [3.05, 3.63) is 46.2 Å². The average molecular weight is 435 g/mol. The largest absolute Gasteiger partial charge is 0.466 e. The molecule has 0 saturated carbocycles. The van der Waals surface area contributed by atoms with Crippen molar-refractivity contribution in [3.8, 4) is 0 Å². The Kier molecular flexibility index (Phi) is 10.6. The summed E-state index contributed by atoms with van der Waals surface area (Å²) in [6, 6.07) is 11.1. The Labute approximate surface area is 184 Å². The molecular formula is C23H34N2O2S2. The summed E-state index contributed by atoms with van der Waals surface area (Å²) < 4.78 is 7.24. The second-order valence-corrected chi connectivity index (χ2v) is 8.77. The Bertz CT molecular complexity index is 748. The van der Waals surface area contributed by atoms with E-state index in [1.807, 2.05) is 32.1 Å². The molecule has 6 heteroatoms. The zero-order valence-corrected chi connectivity index (χ0v) is 19.7. The molecule has 0 spiro atoms. The summed E-state index contributed by atoms with van der Waals surface area (Å²) in [6.07, 6.45) is 4.78. The first kappa shape index (κ1) is 23.8. The highest BCUT2D eigenvalue weighted by Crippen LogP contribution is 2.45. The second-order valence-electron chi connectivity index (χ2n) is 6.65. The van der Waals surface area contributed by atoms with E-state index in [0.29, 0.717) is 13.0 Å². The Morgan fingerprint density at radius 2 is 1.90 bits per heavy atom. The second kappa shape index (κ2) is 12.9. The number of hydrogen-bond acceptors (Lipinski definition) is 6. The normalized spacial score (nSPS) is 14.9. The highest BCUT2D eigenvalue weighted by molar-refractivity contribution is 8.00. The molecule has 4 nitrogen and oxygen atoms in total. The summed E-state index contributed by atoms with van der Waals surface area (Å²) in [5.41, 5.74) is 2.66. The molecule has 29 heavy (non-hydrogen) atoms. The first-order valence-corrected chi connectivity index (χ1v) is 12.3. The lowest BCUT2D eigenvalue weighted by Crippen LogP contribution is -2.23. The van der Waals surface area contributed by atoms with E-state index in [-0.39, 0.29) is 12.0 Å². The van der Waals surface area contributed by atoms with Crippen molar-refractivity contribution in [1.82, 2.24) is 5.32 Å². The Balaban J connectivity index is 0.00000145. The first-order valence-electron chi connectivity index (χ1n) is 10.7. The molecule has 3 rings (SSSR count). The van der Waals surface area contributed by atoms with Crippen LogP contribution in [0.1, 0.15) is 69.4 Å². The number of unbranched alkanes of at least 4 members (excludes halogenated alkanes) is 3. The number of hydrogen-bond donors (Lipinski definition) is 1. The van der Waals surface area contributed by atoms with Crippen LogP contribution in [-0.2, 0) is 9.53 Å². The fourth-order valence-corrected chi connectivity index (χ4v) is 5.42. The third kappa shape index (κ3) is 6.76. The Hall–Kier alpha value is -1.50. The van der Waals surface area contributed by atoms with Gasteiger partial charge in [0.15, 0.2) is 0 Å². The summed E-state index contributed by atoms with van der Waals surface area (Å²) in [5, 5.41) is 5.96. The number of rotatable bonds is 9. The molecule has 0 saturated heterocycles. The van der Waals surface area contributed by atoms with Crippen molar-refractivity contribution in [2.45, 2.75) is 63.8 Å². The zero-order chi connectivity index (χ0) is 21.1. The summed E-state index contributed by atoms with van der Waals surface area (Å²) in [4.78, 5) is 14.1. The van der Waals surface area contributed by atoms with Crippen molar-refractivity contribution in [3.63, 3.8) is 0 Å². The average Bonchev–Trinajstić information content (AvgIpc) is 3.18. The highest BCUT2D eigenvalue weighted by atomic mass is 32.2. The molecule has 160 valence electrons. The summed E-state index contributed by atoms with van der Waals surface area (Å²) >= 11 is 3.62. The van der Waals surface area contributed by atoms with Gasteiger partial charge >= 0.3 is 5.97 Å². The van der Waals surface area contributed by atoms with Gasteiger partial charge in [0.1, 0.15) is 0 Å². The van der Waals surface area contributed by atoms with Gasteiger partial charge in [-0.1, -0.05) is 44.9 Å². The van der Waals surface area contributed by atoms with E-state index in [1.54, 1.807) is 11.9 Å². The van der Waals surface area contributed by atoms with Gasteiger partial charge in [-0.05, 0) is 61.3 Å². The summed E-state index contributed by atoms with van der Waals surface area (Å²) in [7, 11) is 2.14. The zero-order valence-electron chi connectivity index (χ0n) is 18.1. The summed E-state index contributed by atoms with van der Waals surface area (Å²) in [5.74, 6) is -0.0717. The van der Waals surface area contributed by atoms with Crippen LogP contribution in [-0.4, -0.2) is 26.2 Å². The molecule has 0 bridgehead atoms. The quantitative estimate of drug-likeness (QED) is 0.280. The molecule has 0 fully saturated rings. The molecule has 1 aromatic carbocycles. The van der Waals surface area contributed by atoms with E-state index in [1.165, 1.54) is 21.0 Å². The predicted molar refractivity (Wildman–Crippen MR) is 126 cm³/mol. The first-order chi connectivity index (χ1) is 14.2. The number of anilines is 1. The number of nitrogens with zero attached hydrogens (tertiary/aromatic N) is 1. The molecule has 0 radical (unpaired) electrons. The van der Waals surface area contributed by atoms with Gasteiger partial charge in [0.25, 0.3) is 0 Å². The van der Waals surface area contributed by atoms with E-state index in [9.17, 15) is 4.79 Å². The van der Waals surface area contributed by atoms with Crippen LogP contribution in [0, 0.1) is 0 Å². The molecule has 1 aliphatic heterocycles. The number of thiophene rings is 1. The van der Waals surface area contributed by atoms with Crippen LogP contribution in [0.5, 0.6) is 0 Å². The summed E-state index contributed by atoms with van der Waals surface area (Å²) in [6.45, 7) is 7.30. The van der Waals surface area contributed by atoms with Crippen LogP contribution in [0.4, 0.5) is 5.69 Å². The maximum absolute atomic E-state index is 11.4. The monoisotopic (exact) mass is 434 g/mol. The van der Waals surface area contributed by atoms with Crippen LogP contribution in [0.2, 0.25) is 0 Å². The van der Waals surface area contributed by atoms with Crippen molar-refractivity contribution >= 4 is 34.9 Å². The van der Waals surface area contributed by atoms with Gasteiger partial charge in [0, 0.05) is 18.4 Å². The third-order valence-corrected chi connectivity index (χ3v) is 6.71. The lowest BCUT2D eigenvalue weighted by atomic mass is 10.0. The fraction of sp³-hybridized carbons (Fsp3) is 0.522. The van der Waals surface area contributed by atoms with Crippen LogP contribution < -0.4 is 9.62 Å². The SMILES string of the molecule is CC.CCOC(=O)CCCCCCNC1c2ccccc2SN(C)c2ccsc21. The van der Waals surface area contributed by atoms with Crippen molar-refractivity contribution in [1.29, 1.82) is 0 Å². The van der Waals surface area contributed by atoms with Gasteiger partial charge in [-0.15, -0.1) is 11.3 Å². The van der Waals surface area contributed by atoms with Crippen molar-refractivity contribution < 1.29 is 9.53 Å². The third-order valence-electron chi connectivity index (χ3n) is 4.70. The van der Waals surface area contributed by atoms with Gasteiger partial charge in [0.05, 0.1) is 23.2 Å². The Morgan fingerprint density at radius 3 is 2.69 bits per heavy atom. The van der Waals surface area contributed by atoms with Gasteiger partial charge < -0.3 is 14.4 Å². The maximum Gasteiger partial charge on any atom is 0.305 e. The fourth-order valence-electron chi connectivity index (χ4n) is 3.36. The number of carbonyl (C=O) groups is 1. The van der Waals surface area contributed by atoms with Crippen LogP contribution >= 0.6 is 23.3 Å². The number of fused-ring (bicyclic) bond motifs is 2. The minimum atomic E-state index is -0.0717. The van der Waals surface area contributed by atoms with Crippen molar-refractivity contribution in [2.75, 3.05) is 24.5 Å². The number of ether oxygens (including phenoxy) is 1. The van der Waals surface area contributed by atoms with Crippen LogP contribution in [0.25, 0.3) is 0 Å². The number of benzene rings is 1. The van der Waals surface area contributed by atoms with E-state index in [4.69, 9.17) is 4.74 Å². The minimum Gasteiger partial charge on any atom is -0.466 e. The van der Waals surface area contributed by atoms with E-state index < -0.39 is 0 Å². The number of esters is 1. The standard InChI is InChI=1S/C21H28N2O2S2.C2H6/c1-3-25-19(24)12-6-4-5-9-14-22-20-16-10-7-8-11-18(16)27-23(2)17-13-15-26-21(17)20;1-2/h7-8,10-11,13,15,20,22H,3-6,9,12,14H2,1-2H3;1-2H3. The predicted octanol–water partition coefficient (Wildman–Crippen LogP) is 6.42. The highest BCUT2D eigenvalue weighted by Gasteiger charge is 2.27. The molecule has 0 aliphatic carbocycles. The topological polar surface area (TPSA) is 41.6 Å². The van der Waals surface area contributed by atoms with E-state index >= 15 is 0 Å². The molecule has 1 N–H and O–H groups in total. The van der Waals surface area contributed by atoms with Gasteiger partial charge in [-0.3, -0.25) is 4.79 Å². The molecule has 1 aliphatic rings. The smallest absolute Gasteiger partial charge is 0.305 e. The van der Waals surface area contributed by atoms with Crippen molar-refractivity contribution in [2.24, 2.45) is 0 Å². The van der Waals surface area contributed by atoms with E-state index in [0.717, 1.165) is 32.2 Å². The van der Waals surface area contributed by atoms with Gasteiger partial charge in [-0.2, -0.15) is 0 Å². The molecule has 1 atom stereocenters. The number of nitrogens with one attached hydrogen (secondary N) is 1. The Morgan fingerprint density at radius 1 is 1.14 bits per heavy atom. The molecule has 2 heterocycles. The molecule has 2 aromatic rings. The lowest BCUT2D eigenvalue weighted by Gasteiger charge is -2.19. The minimum absolute atomic E-state index is 0.0717. The molecule has 1 unspecified atom stereocenters. The molecular weight excluding hydrogens is 400 g/mol. The van der Waals surface area contributed by atoms with E-state index in [2.05, 4.69) is 52.4 Å². The molecule has 1 aromatic heterocycles. The number of carbonyl (C=O) groups excluding carboxylic acids is 1.